The molecule has 27 heavy (non-hydrogen) atoms. The summed E-state index contributed by atoms with van der Waals surface area (Å²) in [5.41, 5.74) is -0.818. The topological polar surface area (TPSA) is 136 Å². The van der Waals surface area contributed by atoms with Crippen LogP contribution in [-0.4, -0.2) is 52.7 Å². The highest BCUT2D eigenvalue weighted by Crippen LogP contribution is 2.30. The van der Waals surface area contributed by atoms with E-state index in [2.05, 4.69) is 5.32 Å². The molecule has 0 radical (unpaired) electrons. The van der Waals surface area contributed by atoms with Crippen molar-refractivity contribution in [2.75, 3.05) is 13.2 Å². The number of carbonyl (C=O) groups is 4. The van der Waals surface area contributed by atoms with Gasteiger partial charge in [0.25, 0.3) is 23.4 Å². The van der Waals surface area contributed by atoms with Crippen LogP contribution in [0.3, 0.4) is 0 Å². The molecule has 1 aromatic carbocycles. The molecule has 1 aliphatic rings. The number of hydrogen-bond acceptors (Lipinski definition) is 7. The van der Waals surface area contributed by atoms with Crippen LogP contribution >= 0.6 is 0 Å². The summed E-state index contributed by atoms with van der Waals surface area (Å²) in [5.74, 6) is -2.75. The van der Waals surface area contributed by atoms with Crippen LogP contribution in [0.5, 0.6) is 0 Å². The van der Waals surface area contributed by atoms with E-state index in [0.29, 0.717) is 0 Å². The number of imide groups is 1. The predicted molar refractivity (Wildman–Crippen MR) is 91.9 cm³/mol. The van der Waals surface area contributed by atoms with Crippen molar-refractivity contribution in [1.29, 1.82) is 0 Å². The molecule has 1 atom stereocenters. The van der Waals surface area contributed by atoms with Crippen LogP contribution < -0.4 is 5.32 Å². The average molecular weight is 377 g/mol. The van der Waals surface area contributed by atoms with Crippen LogP contribution in [0, 0.1) is 10.1 Å². The molecule has 0 saturated carbocycles. The molecule has 0 bridgehead atoms. The Kier molecular flexibility index (Phi) is 6.22. The van der Waals surface area contributed by atoms with Crippen LogP contribution in [0.1, 0.15) is 47.4 Å². The summed E-state index contributed by atoms with van der Waals surface area (Å²) in [6, 6.07) is 3.72. The lowest BCUT2D eigenvalue weighted by Gasteiger charge is -2.14. The molecule has 2 rings (SSSR count). The first kappa shape index (κ1) is 20.0. The monoisotopic (exact) mass is 377 g/mol. The van der Waals surface area contributed by atoms with Crippen LogP contribution in [-0.2, 0) is 14.3 Å². The average Bonchev–Trinajstić information content (AvgIpc) is 2.88. The third kappa shape index (κ3) is 4.46. The van der Waals surface area contributed by atoms with Gasteiger partial charge < -0.3 is 10.1 Å². The Balaban J connectivity index is 1.93. The molecule has 1 N–H and O–H groups in total. The van der Waals surface area contributed by atoms with Gasteiger partial charge in [0.1, 0.15) is 5.56 Å². The van der Waals surface area contributed by atoms with Crippen molar-refractivity contribution in [3.05, 3.63) is 39.4 Å². The van der Waals surface area contributed by atoms with Crippen LogP contribution in [0.25, 0.3) is 0 Å². The zero-order valence-electron chi connectivity index (χ0n) is 14.9. The second-order valence-electron chi connectivity index (χ2n) is 6.01. The predicted octanol–water partition coefficient (Wildman–Crippen LogP) is 1.04. The Morgan fingerprint density at radius 3 is 2.63 bits per heavy atom. The number of ether oxygens (including phenoxy) is 1. The number of carbonyl (C=O) groups excluding carboxylic acids is 4. The Bertz CT molecular complexity index is 806. The third-order valence-electron chi connectivity index (χ3n) is 4.10. The summed E-state index contributed by atoms with van der Waals surface area (Å²) in [5, 5.41) is 13.7. The van der Waals surface area contributed by atoms with Gasteiger partial charge in [-0.15, -0.1) is 0 Å². The fraction of sp³-hybridized carbons (Fsp3) is 0.412. The lowest BCUT2D eigenvalue weighted by Crippen LogP contribution is -2.36. The second kappa shape index (κ2) is 8.39. The summed E-state index contributed by atoms with van der Waals surface area (Å²) in [4.78, 5) is 59.0. The van der Waals surface area contributed by atoms with Gasteiger partial charge in [0, 0.05) is 18.7 Å². The zero-order chi connectivity index (χ0) is 20.1. The lowest BCUT2D eigenvalue weighted by atomic mass is 10.1. The van der Waals surface area contributed by atoms with Gasteiger partial charge >= 0.3 is 5.97 Å². The summed E-state index contributed by atoms with van der Waals surface area (Å²) in [6.07, 6.45) is 0.404. The van der Waals surface area contributed by atoms with Gasteiger partial charge in [0.15, 0.2) is 6.61 Å². The number of nitro groups is 1. The Morgan fingerprint density at radius 1 is 1.30 bits per heavy atom. The molecule has 0 aromatic heterocycles. The number of amides is 3. The molecular formula is C17H19N3O7. The smallest absolute Gasteiger partial charge is 0.308 e. The van der Waals surface area contributed by atoms with E-state index in [0.717, 1.165) is 17.4 Å². The molecule has 0 spiro atoms. The highest BCUT2D eigenvalue weighted by molar-refractivity contribution is 6.23. The number of rotatable bonds is 8. The molecule has 0 aliphatic carbocycles. The fourth-order valence-electron chi connectivity index (χ4n) is 2.51. The molecule has 10 heteroatoms. The fourth-order valence-corrected chi connectivity index (χ4v) is 2.51. The van der Waals surface area contributed by atoms with Crippen molar-refractivity contribution in [3.8, 4) is 0 Å². The molecule has 1 aromatic rings. The van der Waals surface area contributed by atoms with Gasteiger partial charge in [-0.2, -0.15) is 0 Å². The zero-order valence-corrected chi connectivity index (χ0v) is 14.9. The molecule has 10 nitrogen and oxygen atoms in total. The first-order valence-electron chi connectivity index (χ1n) is 8.34. The summed E-state index contributed by atoms with van der Waals surface area (Å²) >= 11 is 0. The normalized spacial score (nSPS) is 13.9. The number of hydrogen-bond donors (Lipinski definition) is 1. The minimum absolute atomic E-state index is 0.0506. The van der Waals surface area contributed by atoms with E-state index in [4.69, 9.17) is 4.74 Å². The maximum Gasteiger partial charge on any atom is 0.308 e. The van der Waals surface area contributed by atoms with Crippen molar-refractivity contribution in [2.24, 2.45) is 0 Å². The summed E-state index contributed by atoms with van der Waals surface area (Å²) in [6.45, 7) is 2.94. The molecule has 0 unspecified atom stereocenters. The number of esters is 1. The van der Waals surface area contributed by atoms with E-state index >= 15 is 0 Å². The number of nitrogens with one attached hydrogen (secondary N) is 1. The molecule has 0 fully saturated rings. The highest BCUT2D eigenvalue weighted by atomic mass is 16.6. The van der Waals surface area contributed by atoms with E-state index in [1.807, 2.05) is 6.92 Å². The quantitative estimate of drug-likeness (QED) is 0.309. The summed E-state index contributed by atoms with van der Waals surface area (Å²) < 4.78 is 4.81. The van der Waals surface area contributed by atoms with Crippen LogP contribution in [0.2, 0.25) is 0 Å². The Hall–Kier alpha value is -3.30. The standard InChI is InChI=1S/C17H19N3O7/c1-3-10(2)18-13(21)9-27-14(22)7-8-19-16(23)11-5-4-6-12(20(25)26)15(11)17(19)24/h4-6,10H,3,7-9H2,1-2H3,(H,18,21)/t10-/m1/s1. The largest absolute Gasteiger partial charge is 0.456 e. The van der Waals surface area contributed by atoms with E-state index in [1.54, 1.807) is 6.92 Å². The van der Waals surface area contributed by atoms with Gasteiger partial charge in [0.05, 0.1) is 16.9 Å². The van der Waals surface area contributed by atoms with Gasteiger partial charge in [-0.05, 0) is 19.4 Å². The SMILES string of the molecule is CC[C@@H](C)NC(=O)COC(=O)CCN1C(=O)c2cccc([N+](=O)[O-])c2C1=O. The molecule has 1 heterocycles. The van der Waals surface area contributed by atoms with Crippen molar-refractivity contribution in [2.45, 2.75) is 32.7 Å². The molecule has 3 amide bonds. The van der Waals surface area contributed by atoms with E-state index in [-0.39, 0.29) is 30.1 Å². The minimum atomic E-state index is -0.829. The third-order valence-corrected chi connectivity index (χ3v) is 4.10. The van der Waals surface area contributed by atoms with Crippen LogP contribution in [0.4, 0.5) is 5.69 Å². The van der Waals surface area contributed by atoms with E-state index in [1.165, 1.54) is 12.1 Å². The first-order valence-corrected chi connectivity index (χ1v) is 8.34. The molecule has 144 valence electrons. The van der Waals surface area contributed by atoms with Crippen LogP contribution in [0.15, 0.2) is 18.2 Å². The van der Waals surface area contributed by atoms with E-state index in [9.17, 15) is 29.3 Å². The molecule has 1 aliphatic heterocycles. The second-order valence-corrected chi connectivity index (χ2v) is 6.01. The van der Waals surface area contributed by atoms with Crippen molar-refractivity contribution >= 4 is 29.4 Å². The van der Waals surface area contributed by atoms with Crippen molar-refractivity contribution in [3.63, 3.8) is 0 Å². The van der Waals surface area contributed by atoms with Gasteiger partial charge in [0.2, 0.25) is 0 Å². The van der Waals surface area contributed by atoms with Crippen molar-refractivity contribution < 1.29 is 28.8 Å². The van der Waals surface area contributed by atoms with Gasteiger partial charge in [-0.3, -0.25) is 34.2 Å². The number of nitro benzene ring substituents is 1. The van der Waals surface area contributed by atoms with Crippen molar-refractivity contribution in [1.82, 2.24) is 10.2 Å². The van der Waals surface area contributed by atoms with E-state index < -0.39 is 40.9 Å². The Morgan fingerprint density at radius 2 is 2.00 bits per heavy atom. The maximum atomic E-state index is 12.3. The lowest BCUT2D eigenvalue weighted by molar-refractivity contribution is -0.385. The minimum Gasteiger partial charge on any atom is -0.456 e. The van der Waals surface area contributed by atoms with Gasteiger partial charge in [-0.25, -0.2) is 0 Å². The Labute approximate surface area is 154 Å². The van der Waals surface area contributed by atoms with Gasteiger partial charge in [-0.1, -0.05) is 13.0 Å². The molecular weight excluding hydrogens is 358 g/mol. The number of benzene rings is 1. The number of fused-ring (bicyclic) bond motifs is 1. The first-order chi connectivity index (χ1) is 12.8. The maximum absolute atomic E-state index is 12.3. The molecule has 0 saturated heterocycles. The highest BCUT2D eigenvalue weighted by Gasteiger charge is 2.40. The summed E-state index contributed by atoms with van der Waals surface area (Å²) in [7, 11) is 0. The number of nitrogens with zero attached hydrogens (tertiary/aromatic N) is 2.